The molecule has 2 amide bonds. The van der Waals surface area contributed by atoms with E-state index in [9.17, 15) is 9.59 Å². The minimum absolute atomic E-state index is 0.0859. The third-order valence-electron chi connectivity index (χ3n) is 4.01. The summed E-state index contributed by atoms with van der Waals surface area (Å²) in [4.78, 5) is 30.8. The van der Waals surface area contributed by atoms with E-state index in [0.29, 0.717) is 15.9 Å². The van der Waals surface area contributed by atoms with Gasteiger partial charge in [-0.3, -0.25) is 14.5 Å². The third-order valence-corrected chi connectivity index (χ3v) is 6.19. The van der Waals surface area contributed by atoms with Crippen molar-refractivity contribution in [3.63, 3.8) is 0 Å². The lowest BCUT2D eigenvalue weighted by Gasteiger charge is -2.09. The highest BCUT2D eigenvalue weighted by Gasteiger charge is 2.37. The zero-order valence-electron chi connectivity index (χ0n) is 14.7. The number of carbonyl (C=O) groups is 2. The van der Waals surface area contributed by atoms with Crippen molar-refractivity contribution in [2.24, 2.45) is 4.99 Å². The zero-order chi connectivity index (χ0) is 19.6. The van der Waals surface area contributed by atoms with Crippen molar-refractivity contribution in [2.45, 2.75) is 18.6 Å². The summed E-state index contributed by atoms with van der Waals surface area (Å²) >= 11 is 10.7. The van der Waals surface area contributed by atoms with Crippen molar-refractivity contribution in [2.75, 3.05) is 12.4 Å². The lowest BCUT2D eigenvalue weighted by atomic mass is 10.2. The topological polar surface area (TPSA) is 61.8 Å². The van der Waals surface area contributed by atoms with E-state index in [0.717, 1.165) is 15.7 Å². The predicted octanol–water partition coefficient (Wildman–Crippen LogP) is 5.00. The first-order chi connectivity index (χ1) is 12.8. The summed E-state index contributed by atoms with van der Waals surface area (Å²) in [6, 6.07) is 12.7. The first kappa shape index (κ1) is 19.9. The molecular weight excluding hydrogens is 450 g/mol. The van der Waals surface area contributed by atoms with Crippen LogP contribution in [0, 0.1) is 6.92 Å². The van der Waals surface area contributed by atoms with E-state index in [2.05, 4.69) is 26.2 Å². The van der Waals surface area contributed by atoms with E-state index in [-0.39, 0.29) is 18.2 Å². The summed E-state index contributed by atoms with van der Waals surface area (Å²) in [7, 11) is 1.67. The molecule has 1 atom stereocenters. The van der Waals surface area contributed by atoms with Gasteiger partial charge in [0.2, 0.25) is 11.8 Å². The molecule has 140 valence electrons. The van der Waals surface area contributed by atoms with Crippen LogP contribution in [0.25, 0.3) is 0 Å². The molecule has 0 aliphatic carbocycles. The second-order valence-corrected chi connectivity index (χ2v) is 8.58. The van der Waals surface area contributed by atoms with Gasteiger partial charge in [-0.2, -0.15) is 0 Å². The average Bonchev–Trinajstić information content (AvgIpc) is 2.88. The van der Waals surface area contributed by atoms with Crippen LogP contribution in [-0.4, -0.2) is 34.2 Å². The minimum Gasteiger partial charge on any atom is -0.326 e. The van der Waals surface area contributed by atoms with Crippen molar-refractivity contribution >= 4 is 67.6 Å². The Morgan fingerprint density at radius 1 is 1.30 bits per heavy atom. The summed E-state index contributed by atoms with van der Waals surface area (Å²) in [6.07, 6.45) is 0.0859. The van der Waals surface area contributed by atoms with Crippen molar-refractivity contribution < 1.29 is 9.59 Å². The number of hydrogen-bond acceptors (Lipinski definition) is 4. The molecule has 1 aliphatic heterocycles. The van der Waals surface area contributed by atoms with Crippen LogP contribution in [0.5, 0.6) is 0 Å². The van der Waals surface area contributed by atoms with Crippen molar-refractivity contribution in [1.29, 1.82) is 0 Å². The number of aliphatic imine (C=N–C) groups is 1. The summed E-state index contributed by atoms with van der Waals surface area (Å²) < 4.78 is 0.932. The van der Waals surface area contributed by atoms with Crippen LogP contribution in [-0.2, 0) is 9.59 Å². The molecule has 0 aromatic heterocycles. The van der Waals surface area contributed by atoms with Crippen LogP contribution in [0.3, 0.4) is 0 Å². The number of aryl methyl sites for hydroxylation is 1. The molecule has 1 aliphatic rings. The molecule has 0 spiro atoms. The number of hydrogen-bond donors (Lipinski definition) is 1. The van der Waals surface area contributed by atoms with E-state index < -0.39 is 5.25 Å². The normalized spacial score (nSPS) is 18.2. The lowest BCUT2D eigenvalue weighted by molar-refractivity contribution is -0.127. The number of nitrogens with zero attached hydrogens (tertiary/aromatic N) is 2. The SMILES string of the molecule is Cc1cc(N=C2S[C@H](CC(=O)Nc3ccc(Br)cc3)C(=O)N2C)ccc1Cl. The van der Waals surface area contributed by atoms with Gasteiger partial charge in [0.25, 0.3) is 0 Å². The fraction of sp³-hybridized carbons (Fsp3) is 0.211. The summed E-state index contributed by atoms with van der Waals surface area (Å²) in [5.74, 6) is -0.337. The van der Waals surface area contributed by atoms with Crippen LogP contribution in [0.15, 0.2) is 51.9 Å². The molecule has 0 radical (unpaired) electrons. The van der Waals surface area contributed by atoms with Gasteiger partial charge in [0, 0.05) is 28.7 Å². The molecule has 0 bridgehead atoms. The third kappa shape index (κ3) is 4.91. The van der Waals surface area contributed by atoms with Crippen molar-refractivity contribution in [1.82, 2.24) is 4.90 Å². The molecule has 5 nitrogen and oxygen atoms in total. The molecule has 0 unspecified atom stereocenters. The fourth-order valence-electron chi connectivity index (χ4n) is 2.52. The average molecular weight is 467 g/mol. The molecule has 1 heterocycles. The predicted molar refractivity (Wildman–Crippen MR) is 115 cm³/mol. The van der Waals surface area contributed by atoms with Gasteiger partial charge in [-0.25, -0.2) is 4.99 Å². The molecule has 1 fully saturated rings. The smallest absolute Gasteiger partial charge is 0.242 e. The standard InChI is InChI=1S/C19H17BrClN3O2S/c1-11-9-14(7-8-15(11)21)23-19-24(2)18(26)16(27-19)10-17(25)22-13-5-3-12(20)4-6-13/h3-9,16H,10H2,1-2H3,(H,22,25)/t16-/m1/s1. The fourth-order valence-corrected chi connectivity index (χ4v) is 4.06. The van der Waals surface area contributed by atoms with E-state index in [4.69, 9.17) is 11.6 Å². The monoisotopic (exact) mass is 465 g/mol. The van der Waals surface area contributed by atoms with Crippen molar-refractivity contribution in [3.8, 4) is 0 Å². The first-order valence-corrected chi connectivity index (χ1v) is 10.2. The summed E-state index contributed by atoms with van der Waals surface area (Å²) in [6.45, 7) is 1.90. The molecule has 1 saturated heterocycles. The maximum absolute atomic E-state index is 12.5. The van der Waals surface area contributed by atoms with Gasteiger partial charge in [-0.15, -0.1) is 0 Å². The Kier molecular flexibility index (Phi) is 6.24. The van der Waals surface area contributed by atoms with Gasteiger partial charge in [0.15, 0.2) is 5.17 Å². The molecular formula is C19H17BrClN3O2S. The van der Waals surface area contributed by atoms with Gasteiger partial charge in [-0.1, -0.05) is 39.3 Å². The van der Waals surface area contributed by atoms with Gasteiger partial charge >= 0.3 is 0 Å². The Hall–Kier alpha value is -1.83. The number of amides is 2. The van der Waals surface area contributed by atoms with E-state index in [1.54, 1.807) is 31.3 Å². The number of anilines is 1. The number of amidine groups is 1. The molecule has 3 rings (SSSR count). The zero-order valence-corrected chi connectivity index (χ0v) is 17.9. The number of nitrogens with one attached hydrogen (secondary N) is 1. The Morgan fingerprint density at radius 2 is 2.00 bits per heavy atom. The van der Waals surface area contributed by atoms with E-state index in [1.165, 1.54) is 16.7 Å². The van der Waals surface area contributed by atoms with Gasteiger partial charge in [0.05, 0.1) is 5.69 Å². The van der Waals surface area contributed by atoms with Crippen molar-refractivity contribution in [3.05, 3.63) is 57.5 Å². The minimum atomic E-state index is -0.488. The summed E-state index contributed by atoms with van der Waals surface area (Å²) in [5.41, 5.74) is 2.33. The first-order valence-electron chi connectivity index (χ1n) is 8.18. The van der Waals surface area contributed by atoms with Crippen LogP contribution in [0.1, 0.15) is 12.0 Å². The highest BCUT2D eigenvalue weighted by atomic mass is 79.9. The summed E-state index contributed by atoms with van der Waals surface area (Å²) in [5, 5.41) is 3.57. The molecule has 2 aromatic rings. The highest BCUT2D eigenvalue weighted by Crippen LogP contribution is 2.31. The molecule has 8 heteroatoms. The van der Waals surface area contributed by atoms with Gasteiger partial charge in [0.1, 0.15) is 5.25 Å². The highest BCUT2D eigenvalue weighted by molar-refractivity contribution is 9.10. The molecule has 2 aromatic carbocycles. The number of halogens is 2. The number of rotatable bonds is 4. The van der Waals surface area contributed by atoms with Gasteiger partial charge < -0.3 is 5.32 Å². The second kappa shape index (κ2) is 8.46. The molecule has 1 N–H and O–H groups in total. The molecule has 0 saturated carbocycles. The van der Waals surface area contributed by atoms with E-state index >= 15 is 0 Å². The van der Waals surface area contributed by atoms with Crippen LogP contribution in [0.4, 0.5) is 11.4 Å². The maximum Gasteiger partial charge on any atom is 0.242 e. The second-order valence-electron chi connectivity index (χ2n) is 6.09. The Labute approximate surface area is 175 Å². The molecule has 27 heavy (non-hydrogen) atoms. The lowest BCUT2D eigenvalue weighted by Crippen LogP contribution is -2.30. The Morgan fingerprint density at radius 3 is 2.67 bits per heavy atom. The number of benzene rings is 2. The van der Waals surface area contributed by atoms with Gasteiger partial charge in [-0.05, 0) is 55.0 Å². The van der Waals surface area contributed by atoms with E-state index in [1.807, 2.05) is 25.1 Å². The van der Waals surface area contributed by atoms with Crippen LogP contribution >= 0.6 is 39.3 Å². The Bertz CT molecular complexity index is 918. The number of carbonyl (C=O) groups excluding carboxylic acids is 2. The van der Waals surface area contributed by atoms with Crippen LogP contribution in [0.2, 0.25) is 5.02 Å². The largest absolute Gasteiger partial charge is 0.326 e. The number of thioether (sulfide) groups is 1. The maximum atomic E-state index is 12.5. The quantitative estimate of drug-likeness (QED) is 0.689. The van der Waals surface area contributed by atoms with Crippen LogP contribution < -0.4 is 5.32 Å². The Balaban J connectivity index is 1.67.